The fourth-order valence-electron chi connectivity index (χ4n) is 3.18. The first kappa shape index (κ1) is 19.8. The van der Waals surface area contributed by atoms with Crippen LogP contribution >= 0.6 is 11.3 Å². The van der Waals surface area contributed by atoms with Crippen molar-refractivity contribution in [3.8, 4) is 5.75 Å². The van der Waals surface area contributed by atoms with Gasteiger partial charge in [-0.15, -0.1) is 0 Å². The van der Waals surface area contributed by atoms with Gasteiger partial charge in [-0.25, -0.2) is 14.2 Å². The van der Waals surface area contributed by atoms with Gasteiger partial charge in [0.2, 0.25) is 0 Å². The Labute approximate surface area is 176 Å². The predicted octanol–water partition coefficient (Wildman–Crippen LogP) is 4.40. The van der Waals surface area contributed by atoms with Crippen molar-refractivity contribution in [1.82, 2.24) is 9.88 Å². The molecule has 1 aliphatic rings. The molecule has 4 rings (SSSR count). The van der Waals surface area contributed by atoms with Gasteiger partial charge in [0.1, 0.15) is 17.3 Å². The third-order valence-corrected chi connectivity index (χ3v) is 5.59. The predicted molar refractivity (Wildman–Crippen MR) is 112 cm³/mol. The van der Waals surface area contributed by atoms with E-state index in [4.69, 9.17) is 4.74 Å². The summed E-state index contributed by atoms with van der Waals surface area (Å²) in [6.45, 7) is 2.69. The van der Waals surface area contributed by atoms with Gasteiger partial charge in [0.25, 0.3) is 5.91 Å². The number of methoxy groups -OCH3 is 1. The van der Waals surface area contributed by atoms with E-state index >= 15 is 0 Å². The van der Waals surface area contributed by atoms with Crippen molar-refractivity contribution in [2.45, 2.75) is 20.0 Å². The van der Waals surface area contributed by atoms with Crippen molar-refractivity contribution in [3.63, 3.8) is 0 Å². The summed E-state index contributed by atoms with van der Waals surface area (Å²) in [4.78, 5) is 31.7. The summed E-state index contributed by atoms with van der Waals surface area (Å²) in [6, 6.07) is 11.0. The van der Waals surface area contributed by atoms with Crippen LogP contribution in [-0.2, 0) is 13.1 Å². The second kappa shape index (κ2) is 8.11. The normalized spacial score (nSPS) is 12.6. The summed E-state index contributed by atoms with van der Waals surface area (Å²) in [5.41, 5.74) is 2.70. The molecule has 2 aromatic carbocycles. The number of nitrogens with one attached hydrogen (secondary N) is 2. The molecule has 0 saturated heterocycles. The lowest BCUT2D eigenvalue weighted by Gasteiger charge is -2.15. The van der Waals surface area contributed by atoms with Gasteiger partial charge in [-0.2, -0.15) is 0 Å². The zero-order chi connectivity index (χ0) is 21.3. The third-order valence-electron chi connectivity index (χ3n) is 4.63. The van der Waals surface area contributed by atoms with Crippen molar-refractivity contribution in [3.05, 3.63) is 70.0 Å². The second-order valence-electron chi connectivity index (χ2n) is 6.86. The molecular formula is C21H19FN4O3S. The number of hydrogen-bond donors (Lipinski definition) is 2. The Morgan fingerprint density at radius 3 is 2.70 bits per heavy atom. The fourth-order valence-corrected chi connectivity index (χ4v) is 4.15. The molecule has 0 saturated carbocycles. The average Bonchev–Trinajstić information content (AvgIpc) is 3.22. The van der Waals surface area contributed by atoms with Gasteiger partial charge in [-0.1, -0.05) is 29.5 Å². The molecule has 1 aliphatic heterocycles. The van der Waals surface area contributed by atoms with E-state index in [0.717, 1.165) is 16.0 Å². The van der Waals surface area contributed by atoms with E-state index in [0.29, 0.717) is 35.4 Å². The van der Waals surface area contributed by atoms with Crippen LogP contribution in [0.2, 0.25) is 0 Å². The zero-order valence-electron chi connectivity index (χ0n) is 16.4. The molecule has 0 bridgehead atoms. The molecule has 0 unspecified atom stereocenters. The number of thiazole rings is 1. The van der Waals surface area contributed by atoms with Crippen LogP contribution in [0, 0.1) is 12.7 Å². The first-order chi connectivity index (χ1) is 14.4. The quantitative estimate of drug-likeness (QED) is 0.634. The maximum atomic E-state index is 13.1. The van der Waals surface area contributed by atoms with Crippen molar-refractivity contribution < 1.29 is 18.7 Å². The minimum Gasteiger partial charge on any atom is -0.495 e. The van der Waals surface area contributed by atoms with Gasteiger partial charge < -0.3 is 15.0 Å². The summed E-state index contributed by atoms with van der Waals surface area (Å²) in [5, 5.41) is 5.76. The first-order valence-corrected chi connectivity index (χ1v) is 10.0. The van der Waals surface area contributed by atoms with Crippen LogP contribution in [0.5, 0.6) is 5.75 Å². The van der Waals surface area contributed by atoms with Crippen LogP contribution in [0.15, 0.2) is 42.5 Å². The van der Waals surface area contributed by atoms with Gasteiger partial charge in [0.05, 0.1) is 24.2 Å². The van der Waals surface area contributed by atoms with E-state index < -0.39 is 6.03 Å². The highest BCUT2D eigenvalue weighted by Gasteiger charge is 2.32. The van der Waals surface area contributed by atoms with Crippen molar-refractivity contribution in [2.24, 2.45) is 0 Å². The molecule has 9 heteroatoms. The monoisotopic (exact) mass is 426 g/mol. The molecule has 0 fully saturated rings. The Morgan fingerprint density at radius 2 is 2.00 bits per heavy atom. The number of aryl methyl sites for hydroxylation is 1. The molecule has 0 radical (unpaired) electrons. The Kier molecular flexibility index (Phi) is 5.37. The van der Waals surface area contributed by atoms with E-state index in [1.54, 1.807) is 29.2 Å². The molecule has 30 heavy (non-hydrogen) atoms. The van der Waals surface area contributed by atoms with Gasteiger partial charge in [-0.3, -0.25) is 10.1 Å². The van der Waals surface area contributed by atoms with E-state index in [1.165, 1.54) is 30.6 Å². The number of carbonyl (C=O) groups excluding carboxylic acids is 2. The lowest BCUT2D eigenvalue weighted by Crippen LogP contribution is -2.24. The number of carbonyl (C=O) groups is 2. The summed E-state index contributed by atoms with van der Waals surface area (Å²) in [5.74, 6) is 0.0212. The van der Waals surface area contributed by atoms with Gasteiger partial charge in [-0.05, 0) is 42.3 Å². The topological polar surface area (TPSA) is 83.6 Å². The molecule has 1 aromatic heterocycles. The Bertz CT molecular complexity index is 1110. The molecular weight excluding hydrogens is 407 g/mol. The van der Waals surface area contributed by atoms with Crippen molar-refractivity contribution >= 4 is 34.1 Å². The Morgan fingerprint density at radius 1 is 1.23 bits per heavy atom. The van der Waals surface area contributed by atoms with Crippen molar-refractivity contribution in [1.29, 1.82) is 0 Å². The molecule has 154 valence electrons. The lowest BCUT2D eigenvalue weighted by molar-refractivity contribution is 0.0762. The zero-order valence-corrected chi connectivity index (χ0v) is 17.2. The van der Waals surface area contributed by atoms with Crippen LogP contribution in [0.25, 0.3) is 0 Å². The number of hydrogen-bond acceptors (Lipinski definition) is 5. The van der Waals surface area contributed by atoms with Crippen molar-refractivity contribution in [2.75, 3.05) is 17.7 Å². The second-order valence-corrected chi connectivity index (χ2v) is 7.94. The minimum atomic E-state index is -0.470. The largest absolute Gasteiger partial charge is 0.495 e. The SMILES string of the molecule is COc1ccc(C)cc1NC(=O)Nc1nc2c(s1)CN(Cc1ccc(F)cc1)C2=O. The maximum Gasteiger partial charge on any atom is 0.325 e. The van der Waals surface area contributed by atoms with Crippen LogP contribution in [0.1, 0.15) is 26.5 Å². The molecule has 0 atom stereocenters. The fraction of sp³-hybridized carbons (Fsp3) is 0.190. The number of benzene rings is 2. The number of aromatic nitrogens is 1. The minimum absolute atomic E-state index is 0.209. The standard InChI is InChI=1S/C21H19FN4O3S/c1-12-3-8-16(29-2)15(9-12)23-20(28)25-21-24-18-17(30-21)11-26(19(18)27)10-13-4-6-14(22)7-5-13/h3-9H,10-11H2,1-2H3,(H2,23,24,25,28). The Balaban J connectivity index is 1.40. The number of anilines is 2. The number of nitrogens with zero attached hydrogens (tertiary/aromatic N) is 2. The molecule has 2 N–H and O–H groups in total. The third kappa shape index (κ3) is 4.11. The van der Waals surface area contributed by atoms with Crippen LogP contribution < -0.4 is 15.4 Å². The highest BCUT2D eigenvalue weighted by molar-refractivity contribution is 7.16. The van der Waals surface area contributed by atoms with Crippen LogP contribution in [0.3, 0.4) is 0 Å². The van der Waals surface area contributed by atoms with Crippen LogP contribution in [0.4, 0.5) is 20.0 Å². The van der Waals surface area contributed by atoms with E-state index in [-0.39, 0.29) is 11.7 Å². The lowest BCUT2D eigenvalue weighted by atomic mass is 10.2. The molecule has 0 spiro atoms. The van der Waals surface area contributed by atoms with E-state index in [2.05, 4.69) is 15.6 Å². The number of rotatable bonds is 5. The van der Waals surface area contributed by atoms with Crippen LogP contribution in [-0.4, -0.2) is 28.9 Å². The molecule has 2 heterocycles. The molecule has 3 aromatic rings. The maximum absolute atomic E-state index is 13.1. The number of amides is 3. The summed E-state index contributed by atoms with van der Waals surface area (Å²) in [7, 11) is 1.53. The molecule has 3 amide bonds. The number of fused-ring (bicyclic) bond motifs is 1. The highest BCUT2D eigenvalue weighted by atomic mass is 32.1. The summed E-state index contributed by atoms with van der Waals surface area (Å²) >= 11 is 1.26. The average molecular weight is 426 g/mol. The number of halogens is 1. The van der Waals surface area contributed by atoms with Gasteiger partial charge >= 0.3 is 6.03 Å². The van der Waals surface area contributed by atoms with Gasteiger partial charge in [0.15, 0.2) is 5.13 Å². The van der Waals surface area contributed by atoms with Gasteiger partial charge in [0, 0.05) is 6.54 Å². The first-order valence-electron chi connectivity index (χ1n) is 9.19. The smallest absolute Gasteiger partial charge is 0.325 e. The summed E-state index contributed by atoms with van der Waals surface area (Å²) < 4.78 is 18.3. The van der Waals surface area contributed by atoms with E-state index in [1.807, 2.05) is 13.0 Å². The number of ether oxygens (including phenoxy) is 1. The highest BCUT2D eigenvalue weighted by Crippen LogP contribution is 2.32. The Hall–Kier alpha value is -3.46. The number of urea groups is 1. The molecule has 7 nitrogen and oxygen atoms in total. The van der Waals surface area contributed by atoms with E-state index in [9.17, 15) is 14.0 Å². The molecule has 0 aliphatic carbocycles. The summed E-state index contributed by atoms with van der Waals surface area (Å²) in [6.07, 6.45) is 0.